The van der Waals surface area contributed by atoms with Crippen molar-refractivity contribution in [1.29, 1.82) is 0 Å². The van der Waals surface area contributed by atoms with Crippen LogP contribution in [0.2, 0.25) is 0 Å². The summed E-state index contributed by atoms with van der Waals surface area (Å²) in [5, 5.41) is 3.93. The van der Waals surface area contributed by atoms with Crippen LogP contribution in [0.25, 0.3) is 11.2 Å². The molecule has 0 aliphatic carbocycles. The largest absolute Gasteiger partial charge is 2.00 e. The molecular weight excluding hydrogens is 318 g/mol. The number of nitrogens with zero attached hydrogens (tertiary/aromatic N) is 2. The second-order valence-electron chi connectivity index (χ2n) is 4.03. The van der Waals surface area contributed by atoms with Crippen molar-refractivity contribution in [2.75, 3.05) is 0 Å². The Labute approximate surface area is 134 Å². The third kappa shape index (κ3) is 5.39. The summed E-state index contributed by atoms with van der Waals surface area (Å²) in [6, 6.07) is 15.7. The van der Waals surface area contributed by atoms with Crippen molar-refractivity contribution in [2.45, 2.75) is 6.92 Å². The molecule has 5 nitrogen and oxygen atoms in total. The molecule has 2 rings (SSSR count). The van der Waals surface area contributed by atoms with Gasteiger partial charge in [0.25, 0.3) is 0 Å². The number of hydrogen-bond acceptors (Lipinski definition) is 2. The quantitative estimate of drug-likeness (QED) is 0.479. The van der Waals surface area contributed by atoms with Crippen molar-refractivity contribution >= 4 is 17.3 Å². The van der Waals surface area contributed by atoms with Gasteiger partial charge in [0.2, 0.25) is 0 Å². The van der Waals surface area contributed by atoms with Gasteiger partial charge in [-0.1, -0.05) is 54.6 Å². The molecule has 0 spiro atoms. The van der Waals surface area contributed by atoms with Crippen molar-refractivity contribution in [1.82, 2.24) is 0 Å². The van der Waals surface area contributed by atoms with E-state index >= 15 is 0 Å². The number of rotatable bonds is 3. The van der Waals surface area contributed by atoms with Gasteiger partial charge in [-0.2, -0.15) is 0 Å². The van der Waals surface area contributed by atoms with E-state index in [4.69, 9.17) is 5.73 Å². The molecule has 0 saturated heterocycles. The van der Waals surface area contributed by atoms with Crippen molar-refractivity contribution in [3.8, 4) is 0 Å². The first-order chi connectivity index (χ1) is 9.16. The minimum absolute atomic E-state index is 0. The average Bonchev–Trinajstić information content (AvgIpc) is 2.46. The number of hydrogen-bond donors (Lipinski definition) is 0. The summed E-state index contributed by atoms with van der Waals surface area (Å²) >= 11 is 0. The zero-order valence-corrected chi connectivity index (χ0v) is 12.2. The number of amides is 1. The third-order valence-corrected chi connectivity index (χ3v) is 2.61. The van der Waals surface area contributed by atoms with E-state index in [1.54, 1.807) is 55.5 Å². The molecule has 0 aromatic heterocycles. The Balaban J connectivity index is 0.00000200. The fourth-order valence-corrected chi connectivity index (χ4v) is 1.53. The molecule has 2 aromatic carbocycles. The monoisotopic (exact) mass is 332 g/mol. The summed E-state index contributed by atoms with van der Waals surface area (Å²) in [7, 11) is 0. The van der Waals surface area contributed by atoms with Gasteiger partial charge in [0, 0.05) is 11.3 Å². The van der Waals surface area contributed by atoms with Crippen LogP contribution in [0.3, 0.4) is 0 Å². The van der Waals surface area contributed by atoms with Gasteiger partial charge in [-0.3, -0.25) is 0 Å². The van der Waals surface area contributed by atoms with E-state index in [1.165, 1.54) is 0 Å². The Kier molecular flexibility index (Phi) is 8.01. The van der Waals surface area contributed by atoms with Gasteiger partial charge in [0.05, 0.1) is 5.91 Å². The maximum atomic E-state index is 11.7. The second-order valence-corrected chi connectivity index (χ2v) is 4.03. The summed E-state index contributed by atoms with van der Waals surface area (Å²) in [6.45, 7) is 1.78. The fraction of sp³-hybridized carbons (Fsp3) is 0.0667. The second kappa shape index (κ2) is 8.92. The average molecular weight is 333 g/mol. The summed E-state index contributed by atoms with van der Waals surface area (Å²) in [5.74, 6) is -0.364. The molecule has 6 heteroatoms. The van der Waals surface area contributed by atoms with E-state index < -0.39 is 0 Å². The van der Waals surface area contributed by atoms with Gasteiger partial charge in [0.15, 0.2) is 0 Å². The Morgan fingerprint density at radius 2 is 1.57 bits per heavy atom. The topological polar surface area (TPSA) is 98.8 Å². The van der Waals surface area contributed by atoms with E-state index in [0.29, 0.717) is 17.0 Å². The molecule has 0 bridgehead atoms. The first kappa shape index (κ1) is 18.9. The zero-order valence-electron chi connectivity index (χ0n) is 11.3. The summed E-state index contributed by atoms with van der Waals surface area (Å²) in [5.41, 5.74) is 13.5. The molecular formula is C15H15CuN3O2. The first-order valence-corrected chi connectivity index (χ1v) is 5.83. The smallest absolute Gasteiger partial charge is 0.699 e. The van der Waals surface area contributed by atoms with Gasteiger partial charge in [-0.05, 0) is 12.5 Å². The van der Waals surface area contributed by atoms with Crippen molar-refractivity contribution < 1.29 is 27.3 Å². The molecule has 0 saturated carbocycles. The van der Waals surface area contributed by atoms with E-state index in [-0.39, 0.29) is 28.5 Å². The fourth-order valence-electron chi connectivity index (χ4n) is 1.53. The standard InChI is InChI=1S/C15H14N3O.Cu.H2O/c1-11(12-7-9-14(16)10-8-12)17-18-15(19)13-5-3-2-4-6-13;;/h2-10H,1H3,(H2-,16,17,18,19);;1H2/q-1;+2;/p-1. The van der Waals surface area contributed by atoms with Crippen LogP contribution in [-0.4, -0.2) is 17.1 Å². The maximum absolute atomic E-state index is 11.7. The van der Waals surface area contributed by atoms with Crippen molar-refractivity contribution in [3.05, 3.63) is 76.9 Å². The molecule has 21 heavy (non-hydrogen) atoms. The Morgan fingerprint density at radius 3 is 2.14 bits per heavy atom. The minimum atomic E-state index is -0.364. The van der Waals surface area contributed by atoms with Crippen molar-refractivity contribution in [3.63, 3.8) is 0 Å². The molecule has 0 unspecified atom stereocenters. The normalized spacial score (nSPS) is 10.0. The Bertz CT molecular complexity index is 598. The van der Waals surface area contributed by atoms with Gasteiger partial charge in [0.1, 0.15) is 0 Å². The van der Waals surface area contributed by atoms with Gasteiger partial charge < -0.3 is 26.5 Å². The van der Waals surface area contributed by atoms with Crippen LogP contribution in [0.15, 0.2) is 59.7 Å². The van der Waals surface area contributed by atoms with Crippen molar-refractivity contribution in [2.24, 2.45) is 5.10 Å². The molecule has 1 radical (unpaired) electrons. The minimum Gasteiger partial charge on any atom is -0.699 e. The summed E-state index contributed by atoms with van der Waals surface area (Å²) < 4.78 is 0. The number of carbonyl (C=O) groups is 1. The number of benzene rings is 2. The van der Waals surface area contributed by atoms with Gasteiger partial charge >= 0.3 is 17.1 Å². The third-order valence-electron chi connectivity index (χ3n) is 2.61. The van der Waals surface area contributed by atoms with Crippen LogP contribution in [0.1, 0.15) is 22.8 Å². The molecule has 0 heterocycles. The van der Waals surface area contributed by atoms with E-state index in [2.05, 4.69) is 10.5 Å². The zero-order chi connectivity index (χ0) is 13.7. The van der Waals surface area contributed by atoms with Crippen LogP contribution >= 0.6 is 0 Å². The van der Waals surface area contributed by atoms with Gasteiger partial charge in [-0.15, -0.1) is 5.69 Å². The van der Waals surface area contributed by atoms with Crippen LogP contribution < -0.4 is 0 Å². The van der Waals surface area contributed by atoms with Crippen LogP contribution in [-0.2, 0) is 17.1 Å². The molecule has 0 aliphatic heterocycles. The molecule has 0 fully saturated rings. The molecule has 0 aliphatic rings. The Morgan fingerprint density at radius 1 is 1.00 bits per heavy atom. The van der Waals surface area contributed by atoms with E-state index in [0.717, 1.165) is 5.56 Å². The first-order valence-electron chi connectivity index (χ1n) is 5.83. The maximum Gasteiger partial charge on any atom is 2.00 e. The van der Waals surface area contributed by atoms with Crippen LogP contribution in [0.5, 0.6) is 0 Å². The molecule has 2 aromatic rings. The number of nitrogens with one attached hydrogen (secondary N) is 1. The summed E-state index contributed by atoms with van der Waals surface area (Å²) in [6.07, 6.45) is 0. The molecule has 1 amide bonds. The molecule has 0 atom stereocenters. The van der Waals surface area contributed by atoms with Gasteiger partial charge in [-0.25, -0.2) is 0 Å². The van der Waals surface area contributed by atoms with Crippen LogP contribution in [0.4, 0.5) is 5.69 Å². The van der Waals surface area contributed by atoms with Crippen LogP contribution in [0, 0.1) is 0 Å². The number of carbonyl (C=O) groups excluding carboxylic acids is 1. The van der Waals surface area contributed by atoms with E-state index in [1.807, 2.05) is 6.07 Å². The summed E-state index contributed by atoms with van der Waals surface area (Å²) in [4.78, 5) is 11.7. The molecule has 3 N–H and O–H groups in total. The SMILES string of the molecule is C/C(=N\[N-]C(=O)c1ccccc1)c1ccc([NH-])cc1.O.[Cu+2]. The predicted molar refractivity (Wildman–Crippen MR) is 80.4 cm³/mol. The molecule has 113 valence electrons. The predicted octanol–water partition coefficient (Wildman–Crippen LogP) is 3.48. The van der Waals surface area contributed by atoms with E-state index in [9.17, 15) is 4.79 Å². The Hall–Kier alpha value is -2.14.